The molecular formula is C10H14ClF3N4O. The second-order valence-corrected chi connectivity index (χ2v) is 5.17. The van der Waals surface area contributed by atoms with Crippen molar-refractivity contribution in [2.45, 2.75) is 32.1 Å². The zero-order valence-corrected chi connectivity index (χ0v) is 11.1. The molecule has 0 radical (unpaired) electrons. The second kappa shape index (κ2) is 5.38. The van der Waals surface area contributed by atoms with Crippen molar-refractivity contribution in [3.63, 3.8) is 0 Å². The van der Waals surface area contributed by atoms with Crippen LogP contribution in [0.5, 0.6) is 0 Å². The van der Waals surface area contributed by atoms with E-state index >= 15 is 0 Å². The van der Waals surface area contributed by atoms with Gasteiger partial charge < -0.3 is 11.1 Å². The van der Waals surface area contributed by atoms with Crippen LogP contribution in [-0.4, -0.2) is 28.0 Å². The molecule has 1 heterocycles. The maximum absolute atomic E-state index is 12.2. The van der Waals surface area contributed by atoms with Crippen molar-refractivity contribution < 1.29 is 13.2 Å². The fourth-order valence-electron chi connectivity index (χ4n) is 1.19. The minimum absolute atomic E-state index is 0.156. The molecule has 0 amide bonds. The largest absolute Gasteiger partial charge is 0.408 e. The van der Waals surface area contributed by atoms with E-state index in [-0.39, 0.29) is 21.9 Å². The first-order chi connectivity index (χ1) is 8.49. The van der Waals surface area contributed by atoms with Gasteiger partial charge in [0.05, 0.1) is 11.9 Å². The van der Waals surface area contributed by atoms with Crippen molar-refractivity contribution in [1.82, 2.24) is 9.78 Å². The first-order valence-electron chi connectivity index (χ1n) is 5.35. The predicted octanol–water partition coefficient (Wildman–Crippen LogP) is 1.61. The molecule has 0 unspecified atom stereocenters. The van der Waals surface area contributed by atoms with Crippen LogP contribution in [0.2, 0.25) is 5.02 Å². The van der Waals surface area contributed by atoms with Gasteiger partial charge in [-0.05, 0) is 13.8 Å². The van der Waals surface area contributed by atoms with Crippen LogP contribution in [0, 0.1) is 0 Å². The van der Waals surface area contributed by atoms with Gasteiger partial charge in [-0.15, -0.1) is 0 Å². The molecule has 0 fully saturated rings. The summed E-state index contributed by atoms with van der Waals surface area (Å²) in [7, 11) is 0. The number of hydrogen-bond acceptors (Lipinski definition) is 4. The van der Waals surface area contributed by atoms with Crippen LogP contribution in [0.25, 0.3) is 0 Å². The molecule has 0 spiro atoms. The Labute approximate surface area is 112 Å². The highest BCUT2D eigenvalue weighted by Crippen LogP contribution is 2.19. The lowest BCUT2D eigenvalue weighted by Gasteiger charge is -2.20. The molecule has 0 aliphatic carbocycles. The number of nitrogens with two attached hydrogens (primary N) is 1. The Morgan fingerprint density at radius 1 is 1.47 bits per heavy atom. The minimum Gasteiger partial charge on any atom is -0.381 e. The van der Waals surface area contributed by atoms with Gasteiger partial charge in [-0.1, -0.05) is 11.6 Å². The van der Waals surface area contributed by atoms with Gasteiger partial charge in [-0.2, -0.15) is 18.3 Å². The molecule has 5 nitrogen and oxygen atoms in total. The topological polar surface area (TPSA) is 72.9 Å². The highest BCUT2D eigenvalue weighted by molar-refractivity contribution is 6.32. The first kappa shape index (κ1) is 15.8. The van der Waals surface area contributed by atoms with Crippen molar-refractivity contribution >= 4 is 17.3 Å². The van der Waals surface area contributed by atoms with Gasteiger partial charge in [0.15, 0.2) is 0 Å². The number of alkyl halides is 3. The summed E-state index contributed by atoms with van der Waals surface area (Å²) in [5, 5.41) is 5.85. The average Bonchev–Trinajstić information content (AvgIpc) is 2.21. The van der Waals surface area contributed by atoms with Crippen molar-refractivity contribution in [2.24, 2.45) is 5.73 Å². The van der Waals surface area contributed by atoms with Crippen molar-refractivity contribution in [3.05, 3.63) is 21.6 Å². The maximum Gasteiger partial charge on any atom is 0.408 e. The second-order valence-electron chi connectivity index (χ2n) is 4.79. The van der Waals surface area contributed by atoms with E-state index in [1.54, 1.807) is 13.8 Å². The Bertz CT molecular complexity index is 507. The number of nitrogens with zero attached hydrogens (tertiary/aromatic N) is 2. The summed E-state index contributed by atoms with van der Waals surface area (Å²) in [5.41, 5.74) is 4.32. The molecule has 0 saturated heterocycles. The van der Waals surface area contributed by atoms with Crippen LogP contribution < -0.4 is 16.6 Å². The van der Waals surface area contributed by atoms with Crippen molar-refractivity contribution in [1.29, 1.82) is 0 Å². The third-order valence-electron chi connectivity index (χ3n) is 2.05. The smallest absolute Gasteiger partial charge is 0.381 e. The van der Waals surface area contributed by atoms with Crippen LogP contribution in [0.3, 0.4) is 0 Å². The van der Waals surface area contributed by atoms with E-state index < -0.39 is 23.8 Å². The first-order valence-corrected chi connectivity index (χ1v) is 5.72. The molecule has 1 rings (SSSR count). The summed E-state index contributed by atoms with van der Waals surface area (Å²) in [6, 6.07) is 0. The summed E-state index contributed by atoms with van der Waals surface area (Å²) in [6.07, 6.45) is -3.46. The van der Waals surface area contributed by atoms with Gasteiger partial charge in [0, 0.05) is 12.1 Å². The molecule has 0 bridgehead atoms. The Morgan fingerprint density at radius 2 is 2.05 bits per heavy atom. The molecular weight excluding hydrogens is 285 g/mol. The molecule has 3 N–H and O–H groups in total. The van der Waals surface area contributed by atoms with Gasteiger partial charge >= 0.3 is 6.18 Å². The SMILES string of the molecule is CC(C)(N)CNc1cnn(CC(F)(F)F)c(=O)c1Cl. The summed E-state index contributed by atoms with van der Waals surface area (Å²) in [5.74, 6) is 0. The van der Waals surface area contributed by atoms with E-state index in [9.17, 15) is 18.0 Å². The molecule has 0 aliphatic rings. The number of hydrogen-bond donors (Lipinski definition) is 2. The maximum atomic E-state index is 12.2. The molecule has 108 valence electrons. The Balaban J connectivity index is 2.95. The number of rotatable bonds is 4. The Morgan fingerprint density at radius 3 is 2.53 bits per heavy atom. The number of anilines is 1. The minimum atomic E-state index is -4.53. The molecule has 0 aliphatic heterocycles. The number of aromatic nitrogens is 2. The zero-order valence-electron chi connectivity index (χ0n) is 10.4. The van der Waals surface area contributed by atoms with E-state index in [1.807, 2.05) is 0 Å². The molecule has 1 aromatic rings. The quantitative estimate of drug-likeness (QED) is 0.886. The van der Waals surface area contributed by atoms with Crippen LogP contribution >= 0.6 is 11.6 Å². The monoisotopic (exact) mass is 298 g/mol. The summed E-state index contributed by atoms with van der Waals surface area (Å²) in [6.45, 7) is 2.30. The lowest BCUT2D eigenvalue weighted by atomic mass is 10.1. The Kier molecular flexibility index (Phi) is 4.46. The average molecular weight is 299 g/mol. The summed E-state index contributed by atoms with van der Waals surface area (Å²) in [4.78, 5) is 11.6. The van der Waals surface area contributed by atoms with Gasteiger partial charge in [0.2, 0.25) is 0 Å². The van der Waals surface area contributed by atoms with Gasteiger partial charge in [0.25, 0.3) is 5.56 Å². The van der Waals surface area contributed by atoms with E-state index in [0.717, 1.165) is 6.20 Å². The van der Waals surface area contributed by atoms with Crippen LogP contribution in [0.15, 0.2) is 11.0 Å². The Hall–Kier alpha value is -1.28. The fraction of sp³-hybridized carbons (Fsp3) is 0.600. The van der Waals surface area contributed by atoms with Crippen molar-refractivity contribution in [3.8, 4) is 0 Å². The lowest BCUT2D eigenvalue weighted by Crippen LogP contribution is -2.40. The van der Waals surface area contributed by atoms with E-state index in [1.165, 1.54) is 0 Å². The molecule has 0 aromatic carbocycles. The number of halogens is 4. The summed E-state index contributed by atoms with van der Waals surface area (Å²) >= 11 is 5.71. The van der Waals surface area contributed by atoms with Crippen LogP contribution in [0.1, 0.15) is 13.8 Å². The molecule has 0 saturated carbocycles. The predicted molar refractivity (Wildman–Crippen MR) is 66.3 cm³/mol. The van der Waals surface area contributed by atoms with Crippen LogP contribution in [0.4, 0.5) is 18.9 Å². The normalized spacial score (nSPS) is 12.6. The van der Waals surface area contributed by atoms with E-state index in [0.29, 0.717) is 0 Å². The van der Waals surface area contributed by atoms with Gasteiger partial charge in [-0.25, -0.2) is 4.68 Å². The van der Waals surface area contributed by atoms with Crippen molar-refractivity contribution in [2.75, 3.05) is 11.9 Å². The van der Waals surface area contributed by atoms with Gasteiger partial charge in [-0.3, -0.25) is 4.79 Å². The third kappa shape index (κ3) is 5.07. The zero-order chi connectivity index (χ0) is 14.8. The van der Waals surface area contributed by atoms with Gasteiger partial charge in [0.1, 0.15) is 11.6 Å². The highest BCUT2D eigenvalue weighted by atomic mass is 35.5. The standard InChI is InChI=1S/C10H14ClF3N4O/c1-9(2,15)4-16-6-3-17-18(5-10(12,13)14)8(19)7(6)11/h3,16H,4-5,15H2,1-2H3. The van der Waals surface area contributed by atoms with E-state index in [4.69, 9.17) is 17.3 Å². The summed E-state index contributed by atoms with van der Waals surface area (Å²) < 4.78 is 36.8. The third-order valence-corrected chi connectivity index (χ3v) is 2.41. The van der Waals surface area contributed by atoms with E-state index in [2.05, 4.69) is 10.4 Å². The highest BCUT2D eigenvalue weighted by Gasteiger charge is 2.29. The molecule has 1 aromatic heterocycles. The molecule has 9 heteroatoms. The fourth-order valence-corrected chi connectivity index (χ4v) is 1.41. The molecule has 0 atom stereocenters. The number of nitrogens with one attached hydrogen (secondary N) is 1. The van der Waals surface area contributed by atoms with Crippen LogP contribution in [-0.2, 0) is 6.54 Å². The molecule has 19 heavy (non-hydrogen) atoms. The lowest BCUT2D eigenvalue weighted by molar-refractivity contribution is -0.143.